The molecule has 1 unspecified atom stereocenters. The highest BCUT2D eigenvalue weighted by Crippen LogP contribution is 2.36. The van der Waals surface area contributed by atoms with Gasteiger partial charge in [-0.2, -0.15) is 13.2 Å². The van der Waals surface area contributed by atoms with Crippen molar-refractivity contribution in [1.82, 2.24) is 4.90 Å². The molecule has 2 nitrogen and oxygen atoms in total. The Kier molecular flexibility index (Phi) is 7.20. The third-order valence-electron chi connectivity index (χ3n) is 6.39. The largest absolute Gasteiger partial charge is 0.416 e. The standard InChI is InChI=1S/C28H30F3NO/c1-20-15-24(17-25(16-20)28(29,30)31)21(2)33-27-13-14-32(18-22-9-5-3-6-10-22)19-26(27)23-11-7-4-8-12-23/h3-12,15-17,21,26-27H,13-14,18-19H2,1-2H3/t21?,26-,27-/m0/s1. The van der Waals surface area contributed by atoms with Gasteiger partial charge in [-0.15, -0.1) is 0 Å². The summed E-state index contributed by atoms with van der Waals surface area (Å²) in [5, 5.41) is 0. The molecule has 1 fully saturated rings. The van der Waals surface area contributed by atoms with Gasteiger partial charge in [-0.25, -0.2) is 0 Å². The number of aryl methyl sites for hydroxylation is 1. The highest BCUT2D eigenvalue weighted by Gasteiger charge is 2.34. The van der Waals surface area contributed by atoms with Crippen molar-refractivity contribution in [2.75, 3.05) is 13.1 Å². The minimum atomic E-state index is -4.37. The lowest BCUT2D eigenvalue weighted by molar-refractivity contribution is -0.137. The van der Waals surface area contributed by atoms with Crippen LogP contribution in [0.1, 0.15) is 53.2 Å². The van der Waals surface area contributed by atoms with Gasteiger partial charge in [-0.1, -0.05) is 72.3 Å². The molecule has 1 saturated heterocycles. The van der Waals surface area contributed by atoms with E-state index in [-0.39, 0.29) is 12.0 Å². The molecule has 4 rings (SSSR count). The van der Waals surface area contributed by atoms with Gasteiger partial charge in [0.05, 0.1) is 17.8 Å². The molecule has 1 aliphatic rings. The van der Waals surface area contributed by atoms with Gasteiger partial charge < -0.3 is 4.74 Å². The van der Waals surface area contributed by atoms with Gasteiger partial charge in [-0.05, 0) is 49.1 Å². The van der Waals surface area contributed by atoms with Crippen molar-refractivity contribution >= 4 is 0 Å². The first-order valence-electron chi connectivity index (χ1n) is 11.4. The normalized spacial score (nSPS) is 20.5. The van der Waals surface area contributed by atoms with Gasteiger partial charge in [0.25, 0.3) is 0 Å². The highest BCUT2D eigenvalue weighted by molar-refractivity contribution is 5.32. The second-order valence-corrected chi connectivity index (χ2v) is 8.97. The molecule has 5 heteroatoms. The molecule has 0 aliphatic carbocycles. The molecule has 3 atom stereocenters. The van der Waals surface area contributed by atoms with E-state index in [4.69, 9.17) is 4.74 Å². The zero-order valence-electron chi connectivity index (χ0n) is 19.1. The van der Waals surface area contributed by atoms with Crippen LogP contribution in [-0.4, -0.2) is 24.1 Å². The molecule has 1 heterocycles. The van der Waals surface area contributed by atoms with Crippen molar-refractivity contribution in [3.05, 3.63) is 107 Å². The average molecular weight is 454 g/mol. The van der Waals surface area contributed by atoms with Gasteiger partial charge in [0.15, 0.2) is 0 Å². The Morgan fingerprint density at radius 2 is 1.64 bits per heavy atom. The summed E-state index contributed by atoms with van der Waals surface area (Å²) in [6, 6.07) is 24.9. The number of alkyl halides is 3. The zero-order chi connectivity index (χ0) is 23.4. The maximum absolute atomic E-state index is 13.3. The number of hydrogen-bond donors (Lipinski definition) is 0. The molecular formula is C28H30F3NO. The zero-order valence-corrected chi connectivity index (χ0v) is 19.1. The van der Waals surface area contributed by atoms with E-state index in [0.29, 0.717) is 11.1 Å². The Morgan fingerprint density at radius 1 is 0.970 bits per heavy atom. The number of ether oxygens (including phenoxy) is 1. The molecule has 0 saturated carbocycles. The third kappa shape index (κ3) is 6.04. The molecule has 3 aromatic rings. The van der Waals surface area contributed by atoms with E-state index < -0.39 is 17.8 Å². The predicted octanol–water partition coefficient (Wildman–Crippen LogP) is 7.15. The Morgan fingerprint density at radius 3 is 2.30 bits per heavy atom. The summed E-state index contributed by atoms with van der Waals surface area (Å²) in [6.07, 6.45) is -4.03. The molecular weight excluding hydrogens is 423 g/mol. The average Bonchev–Trinajstić information content (AvgIpc) is 2.80. The molecule has 0 N–H and O–H groups in total. The summed E-state index contributed by atoms with van der Waals surface area (Å²) in [5.74, 6) is 0.151. The topological polar surface area (TPSA) is 12.5 Å². The lowest BCUT2D eigenvalue weighted by Crippen LogP contribution is -2.42. The Labute approximate surface area is 194 Å². The number of nitrogens with zero attached hydrogens (tertiary/aromatic N) is 1. The minimum Gasteiger partial charge on any atom is -0.370 e. The number of likely N-dealkylation sites (tertiary alicyclic amines) is 1. The summed E-state index contributed by atoms with van der Waals surface area (Å²) in [4.78, 5) is 2.44. The van der Waals surface area contributed by atoms with Crippen molar-refractivity contribution in [1.29, 1.82) is 0 Å². The second kappa shape index (κ2) is 10.1. The summed E-state index contributed by atoms with van der Waals surface area (Å²) in [6.45, 7) is 6.15. The van der Waals surface area contributed by atoms with E-state index in [0.717, 1.165) is 26.1 Å². The van der Waals surface area contributed by atoms with Crippen LogP contribution in [-0.2, 0) is 17.5 Å². The summed E-state index contributed by atoms with van der Waals surface area (Å²) >= 11 is 0. The van der Waals surface area contributed by atoms with Gasteiger partial charge in [-0.3, -0.25) is 4.90 Å². The van der Waals surface area contributed by atoms with Crippen molar-refractivity contribution in [2.24, 2.45) is 0 Å². The van der Waals surface area contributed by atoms with E-state index >= 15 is 0 Å². The number of rotatable bonds is 6. The smallest absolute Gasteiger partial charge is 0.370 e. The van der Waals surface area contributed by atoms with E-state index in [9.17, 15) is 13.2 Å². The van der Waals surface area contributed by atoms with Gasteiger partial charge in [0.1, 0.15) is 0 Å². The fourth-order valence-electron chi connectivity index (χ4n) is 4.72. The first-order chi connectivity index (χ1) is 15.8. The van der Waals surface area contributed by atoms with Crippen molar-refractivity contribution in [2.45, 2.75) is 51.1 Å². The van der Waals surface area contributed by atoms with Crippen molar-refractivity contribution in [3.63, 3.8) is 0 Å². The highest BCUT2D eigenvalue weighted by atomic mass is 19.4. The molecule has 0 amide bonds. The summed E-state index contributed by atoms with van der Waals surface area (Å²) in [7, 11) is 0. The van der Waals surface area contributed by atoms with Crippen LogP contribution in [0.2, 0.25) is 0 Å². The van der Waals surface area contributed by atoms with Gasteiger partial charge in [0, 0.05) is 25.6 Å². The van der Waals surface area contributed by atoms with Crippen molar-refractivity contribution < 1.29 is 17.9 Å². The monoisotopic (exact) mass is 453 g/mol. The predicted molar refractivity (Wildman–Crippen MR) is 125 cm³/mol. The number of halogens is 3. The SMILES string of the molecule is Cc1cc(C(C)O[C@H]2CCN(Cc3ccccc3)C[C@H]2c2ccccc2)cc(C(F)(F)F)c1. The lowest BCUT2D eigenvalue weighted by atomic mass is 9.87. The molecule has 0 bridgehead atoms. The Balaban J connectivity index is 1.53. The molecule has 174 valence electrons. The molecule has 0 radical (unpaired) electrons. The van der Waals surface area contributed by atoms with Crippen LogP contribution in [0.25, 0.3) is 0 Å². The van der Waals surface area contributed by atoms with E-state index in [1.807, 2.05) is 31.2 Å². The number of piperidine rings is 1. The van der Waals surface area contributed by atoms with Crippen molar-refractivity contribution in [3.8, 4) is 0 Å². The van der Waals surface area contributed by atoms with Crippen LogP contribution >= 0.6 is 0 Å². The molecule has 0 aromatic heterocycles. The minimum absolute atomic E-state index is 0.0655. The third-order valence-corrected chi connectivity index (χ3v) is 6.39. The first kappa shape index (κ1) is 23.5. The van der Waals surface area contributed by atoms with E-state index in [1.54, 1.807) is 13.0 Å². The van der Waals surface area contributed by atoms with E-state index in [1.165, 1.54) is 23.3 Å². The number of hydrogen-bond acceptors (Lipinski definition) is 2. The Hall–Kier alpha value is -2.63. The van der Waals surface area contributed by atoms with Crippen LogP contribution in [0.4, 0.5) is 13.2 Å². The second-order valence-electron chi connectivity index (χ2n) is 8.97. The summed E-state index contributed by atoms with van der Waals surface area (Å²) in [5.41, 5.74) is 3.02. The first-order valence-corrected chi connectivity index (χ1v) is 11.4. The van der Waals surface area contributed by atoms with Crippen LogP contribution in [0.5, 0.6) is 0 Å². The fourth-order valence-corrected chi connectivity index (χ4v) is 4.72. The maximum Gasteiger partial charge on any atom is 0.416 e. The molecule has 33 heavy (non-hydrogen) atoms. The van der Waals surface area contributed by atoms with Crippen LogP contribution in [0, 0.1) is 6.92 Å². The number of benzene rings is 3. The maximum atomic E-state index is 13.3. The van der Waals surface area contributed by atoms with Crippen LogP contribution in [0.15, 0.2) is 78.9 Å². The van der Waals surface area contributed by atoms with Gasteiger partial charge >= 0.3 is 6.18 Å². The quantitative estimate of drug-likeness (QED) is 0.393. The van der Waals surface area contributed by atoms with Gasteiger partial charge in [0.2, 0.25) is 0 Å². The van der Waals surface area contributed by atoms with Crippen LogP contribution < -0.4 is 0 Å². The summed E-state index contributed by atoms with van der Waals surface area (Å²) < 4.78 is 46.5. The van der Waals surface area contributed by atoms with Crippen LogP contribution in [0.3, 0.4) is 0 Å². The molecule has 3 aromatic carbocycles. The fraction of sp³-hybridized carbons (Fsp3) is 0.357. The van der Waals surface area contributed by atoms with E-state index in [2.05, 4.69) is 41.3 Å². The molecule has 1 aliphatic heterocycles. The molecule has 0 spiro atoms. The lowest BCUT2D eigenvalue weighted by Gasteiger charge is -2.40. The Bertz CT molecular complexity index is 1040.